The highest BCUT2D eigenvalue weighted by Gasteiger charge is 2.14. The predicted molar refractivity (Wildman–Crippen MR) is 86.5 cm³/mol. The summed E-state index contributed by atoms with van der Waals surface area (Å²) in [7, 11) is 1.96. The Kier molecular flexibility index (Phi) is 10.6. The monoisotopic (exact) mass is 267 g/mol. The molecule has 3 nitrogen and oxygen atoms in total. The lowest BCUT2D eigenvalue weighted by molar-refractivity contribution is 0.146. The summed E-state index contributed by atoms with van der Waals surface area (Å²) in [5, 5.41) is 3.13. The molecule has 0 aliphatic carbocycles. The summed E-state index contributed by atoms with van der Waals surface area (Å²) in [6.45, 7) is 17.7. The van der Waals surface area contributed by atoms with Gasteiger partial charge in [-0.05, 0) is 26.5 Å². The quantitative estimate of drug-likeness (QED) is 0.773. The first kappa shape index (κ1) is 18.2. The summed E-state index contributed by atoms with van der Waals surface area (Å²) in [6, 6.07) is 0. The molecule has 3 heteroatoms. The number of nitrogens with one attached hydrogen (secondary N) is 1. The van der Waals surface area contributed by atoms with Crippen molar-refractivity contribution in [3.05, 3.63) is 23.4 Å². The molecule has 0 spiro atoms. The molecule has 0 unspecified atom stereocenters. The number of allylic oxidation sites excluding steroid dienone is 3. The maximum Gasteiger partial charge on any atom is 0.0194 e. The second-order valence-electron chi connectivity index (χ2n) is 4.82. The maximum absolute atomic E-state index is 3.13. The molecule has 0 aromatic rings. The van der Waals surface area contributed by atoms with E-state index in [0.717, 1.165) is 6.54 Å². The number of piperazine rings is 1. The summed E-state index contributed by atoms with van der Waals surface area (Å²) >= 11 is 0. The van der Waals surface area contributed by atoms with E-state index in [-0.39, 0.29) is 0 Å². The molecule has 0 bridgehead atoms. The SMILES string of the molecule is CC.CCN1CCN(C/C(C)=C/C=C(/C)NC)CC1. The Hall–Kier alpha value is -0.800. The molecule has 1 fully saturated rings. The van der Waals surface area contributed by atoms with Crippen LogP contribution in [0.4, 0.5) is 0 Å². The second kappa shape index (κ2) is 11.1. The Morgan fingerprint density at radius 2 is 1.53 bits per heavy atom. The number of hydrogen-bond donors (Lipinski definition) is 1. The summed E-state index contributed by atoms with van der Waals surface area (Å²) in [5.41, 5.74) is 2.64. The molecular weight excluding hydrogens is 234 g/mol. The molecule has 1 rings (SSSR count). The van der Waals surface area contributed by atoms with Crippen molar-refractivity contribution in [3.8, 4) is 0 Å². The fourth-order valence-corrected chi connectivity index (χ4v) is 2.02. The van der Waals surface area contributed by atoms with Gasteiger partial charge in [-0.2, -0.15) is 0 Å². The zero-order valence-electron chi connectivity index (χ0n) is 13.8. The van der Waals surface area contributed by atoms with Crippen molar-refractivity contribution in [2.45, 2.75) is 34.6 Å². The lowest BCUT2D eigenvalue weighted by Crippen LogP contribution is -2.46. The van der Waals surface area contributed by atoms with Crippen LogP contribution < -0.4 is 5.32 Å². The Morgan fingerprint density at radius 3 is 2.00 bits per heavy atom. The Labute approximate surface area is 120 Å². The van der Waals surface area contributed by atoms with Gasteiger partial charge in [-0.25, -0.2) is 0 Å². The minimum Gasteiger partial charge on any atom is -0.392 e. The van der Waals surface area contributed by atoms with Gasteiger partial charge in [0.25, 0.3) is 0 Å². The van der Waals surface area contributed by atoms with Crippen molar-refractivity contribution < 1.29 is 0 Å². The van der Waals surface area contributed by atoms with Crippen LogP contribution in [0.2, 0.25) is 0 Å². The average Bonchev–Trinajstić information content (AvgIpc) is 2.47. The minimum absolute atomic E-state index is 1.10. The van der Waals surface area contributed by atoms with Gasteiger partial charge in [0, 0.05) is 45.5 Å². The largest absolute Gasteiger partial charge is 0.392 e. The van der Waals surface area contributed by atoms with Gasteiger partial charge in [-0.15, -0.1) is 0 Å². The van der Waals surface area contributed by atoms with Crippen LogP contribution in [0.15, 0.2) is 23.4 Å². The van der Waals surface area contributed by atoms with Crippen LogP contribution in [0.25, 0.3) is 0 Å². The van der Waals surface area contributed by atoms with E-state index in [4.69, 9.17) is 0 Å². The van der Waals surface area contributed by atoms with Crippen molar-refractivity contribution in [1.82, 2.24) is 15.1 Å². The van der Waals surface area contributed by atoms with E-state index in [1.165, 1.54) is 44.0 Å². The third-order valence-corrected chi connectivity index (χ3v) is 3.40. The number of likely N-dealkylation sites (N-methyl/N-ethyl adjacent to an activating group) is 1. The van der Waals surface area contributed by atoms with Crippen molar-refractivity contribution in [2.75, 3.05) is 46.3 Å². The summed E-state index contributed by atoms with van der Waals surface area (Å²) in [6.07, 6.45) is 4.37. The van der Waals surface area contributed by atoms with Gasteiger partial charge in [0.1, 0.15) is 0 Å². The third-order valence-electron chi connectivity index (χ3n) is 3.40. The smallest absolute Gasteiger partial charge is 0.0194 e. The highest BCUT2D eigenvalue weighted by atomic mass is 15.3. The van der Waals surface area contributed by atoms with Crippen LogP contribution in [-0.2, 0) is 0 Å². The maximum atomic E-state index is 3.13. The first-order chi connectivity index (χ1) is 9.15. The molecule has 1 heterocycles. The Balaban J connectivity index is 0.00000154. The zero-order chi connectivity index (χ0) is 14.7. The molecule has 0 atom stereocenters. The van der Waals surface area contributed by atoms with Gasteiger partial charge < -0.3 is 10.2 Å². The number of hydrogen-bond acceptors (Lipinski definition) is 3. The van der Waals surface area contributed by atoms with E-state index in [2.05, 4.69) is 48.0 Å². The van der Waals surface area contributed by atoms with E-state index in [0.29, 0.717) is 0 Å². The van der Waals surface area contributed by atoms with Crippen molar-refractivity contribution >= 4 is 0 Å². The van der Waals surface area contributed by atoms with Crippen LogP contribution in [0.5, 0.6) is 0 Å². The van der Waals surface area contributed by atoms with Gasteiger partial charge in [-0.3, -0.25) is 4.90 Å². The number of nitrogens with zero attached hydrogens (tertiary/aromatic N) is 2. The van der Waals surface area contributed by atoms with Crippen LogP contribution in [0.1, 0.15) is 34.6 Å². The topological polar surface area (TPSA) is 18.5 Å². The van der Waals surface area contributed by atoms with E-state index >= 15 is 0 Å². The van der Waals surface area contributed by atoms with Crippen LogP contribution in [0.3, 0.4) is 0 Å². The Bertz CT molecular complexity index is 274. The highest BCUT2D eigenvalue weighted by molar-refractivity contribution is 5.15. The molecule has 19 heavy (non-hydrogen) atoms. The fraction of sp³-hybridized carbons (Fsp3) is 0.750. The first-order valence-electron chi connectivity index (χ1n) is 7.62. The van der Waals surface area contributed by atoms with Crippen LogP contribution >= 0.6 is 0 Å². The molecular formula is C16H33N3. The zero-order valence-corrected chi connectivity index (χ0v) is 13.8. The average molecular weight is 267 g/mol. The van der Waals surface area contributed by atoms with Crippen molar-refractivity contribution in [2.24, 2.45) is 0 Å². The molecule has 0 aromatic heterocycles. The summed E-state index contributed by atoms with van der Waals surface area (Å²) < 4.78 is 0. The number of rotatable bonds is 5. The molecule has 0 aromatic carbocycles. The van der Waals surface area contributed by atoms with E-state index in [9.17, 15) is 0 Å². The van der Waals surface area contributed by atoms with Crippen LogP contribution in [0, 0.1) is 0 Å². The predicted octanol–water partition coefficient (Wildman–Crippen LogP) is 2.72. The van der Waals surface area contributed by atoms with E-state index < -0.39 is 0 Å². The summed E-state index contributed by atoms with van der Waals surface area (Å²) in [4.78, 5) is 5.06. The lowest BCUT2D eigenvalue weighted by Gasteiger charge is -2.34. The standard InChI is InChI=1S/C14H27N3.C2H6/c1-5-16-8-10-17(11-9-16)12-13(2)6-7-14(3)15-4;1-2/h6-7,15H,5,8-12H2,1-4H3;1-2H3/b13-6+,14-7-;. The normalized spacial score (nSPS) is 18.8. The van der Waals surface area contributed by atoms with Gasteiger partial charge in [0.2, 0.25) is 0 Å². The molecule has 1 N–H and O–H groups in total. The molecule has 1 aliphatic rings. The van der Waals surface area contributed by atoms with Crippen LogP contribution in [-0.4, -0.2) is 56.1 Å². The second-order valence-corrected chi connectivity index (χ2v) is 4.82. The molecule has 0 radical (unpaired) electrons. The summed E-state index contributed by atoms with van der Waals surface area (Å²) in [5.74, 6) is 0. The van der Waals surface area contributed by atoms with Gasteiger partial charge in [0.05, 0.1) is 0 Å². The molecule has 112 valence electrons. The molecule has 0 saturated carbocycles. The van der Waals surface area contributed by atoms with Gasteiger partial charge >= 0.3 is 0 Å². The lowest BCUT2D eigenvalue weighted by atomic mass is 10.2. The van der Waals surface area contributed by atoms with Gasteiger partial charge in [-0.1, -0.05) is 32.4 Å². The Morgan fingerprint density at radius 1 is 1.00 bits per heavy atom. The van der Waals surface area contributed by atoms with Crippen molar-refractivity contribution in [1.29, 1.82) is 0 Å². The first-order valence-corrected chi connectivity index (χ1v) is 7.62. The molecule has 1 saturated heterocycles. The fourth-order valence-electron chi connectivity index (χ4n) is 2.02. The third kappa shape index (κ3) is 8.06. The highest BCUT2D eigenvalue weighted by Crippen LogP contribution is 2.05. The molecule has 1 aliphatic heterocycles. The van der Waals surface area contributed by atoms with E-state index in [1.807, 2.05) is 20.9 Å². The van der Waals surface area contributed by atoms with Crippen molar-refractivity contribution in [3.63, 3.8) is 0 Å². The van der Waals surface area contributed by atoms with E-state index in [1.54, 1.807) is 0 Å². The minimum atomic E-state index is 1.10. The molecule has 0 amide bonds. The van der Waals surface area contributed by atoms with Gasteiger partial charge in [0.15, 0.2) is 0 Å².